The van der Waals surface area contributed by atoms with Gasteiger partial charge in [-0.25, -0.2) is 0 Å². The summed E-state index contributed by atoms with van der Waals surface area (Å²) in [5, 5.41) is 1.81. The van der Waals surface area contributed by atoms with Gasteiger partial charge in [0.05, 0.1) is 0 Å². The van der Waals surface area contributed by atoms with Crippen LogP contribution in [0, 0.1) is 5.41 Å². The van der Waals surface area contributed by atoms with E-state index in [1.807, 2.05) is 37.3 Å². The molecule has 4 nitrogen and oxygen atoms in total. The second-order valence-electron chi connectivity index (χ2n) is 8.93. The zero-order chi connectivity index (χ0) is 18.9. The Hall–Kier alpha value is -2.14. The lowest BCUT2D eigenvalue weighted by Gasteiger charge is -2.57. The summed E-state index contributed by atoms with van der Waals surface area (Å²) in [5.41, 5.74) is 5.06. The number of nitrogens with one attached hydrogen (secondary N) is 1. The number of H-pyrrole nitrogens is 1. The van der Waals surface area contributed by atoms with Crippen molar-refractivity contribution in [3.8, 4) is 11.1 Å². The molecular weight excluding hydrogens is 366 g/mol. The van der Waals surface area contributed by atoms with Gasteiger partial charge in [0.1, 0.15) is 5.52 Å². The number of aromatic nitrogens is 2. The first-order valence-electron chi connectivity index (χ1n) is 10.3. The molecule has 1 saturated heterocycles. The van der Waals surface area contributed by atoms with Crippen molar-refractivity contribution in [1.29, 1.82) is 0 Å². The van der Waals surface area contributed by atoms with E-state index in [0.29, 0.717) is 10.9 Å². The molecular formula is C23H25N3OS. The number of rotatable bonds is 4. The highest BCUT2D eigenvalue weighted by molar-refractivity contribution is 8.00. The number of hydrogen-bond acceptors (Lipinski definition) is 3. The number of anilines is 1. The van der Waals surface area contributed by atoms with Crippen LogP contribution in [0.5, 0.6) is 0 Å². The van der Waals surface area contributed by atoms with Gasteiger partial charge in [0.2, 0.25) is 0 Å². The van der Waals surface area contributed by atoms with Crippen LogP contribution in [0.15, 0.2) is 46.3 Å². The number of pyridine rings is 1. The fourth-order valence-electron chi connectivity index (χ4n) is 4.87. The Morgan fingerprint density at radius 1 is 1.14 bits per heavy atom. The fourth-order valence-corrected chi connectivity index (χ4v) is 5.96. The molecule has 2 saturated carbocycles. The van der Waals surface area contributed by atoms with Crippen molar-refractivity contribution < 1.29 is 0 Å². The molecule has 1 aliphatic heterocycles. The molecule has 1 N–H and O–H groups in total. The van der Waals surface area contributed by atoms with Gasteiger partial charge in [0.25, 0.3) is 5.56 Å². The van der Waals surface area contributed by atoms with Gasteiger partial charge in [0, 0.05) is 70.3 Å². The molecule has 144 valence electrons. The van der Waals surface area contributed by atoms with Crippen molar-refractivity contribution in [2.45, 2.75) is 42.2 Å². The molecule has 0 bridgehead atoms. The van der Waals surface area contributed by atoms with E-state index in [2.05, 4.69) is 28.1 Å². The third-order valence-electron chi connectivity index (χ3n) is 6.79. The Morgan fingerprint density at radius 3 is 2.68 bits per heavy atom. The molecule has 1 spiro atoms. The number of aryl methyl sites for hydroxylation is 1. The van der Waals surface area contributed by atoms with Gasteiger partial charge in [-0.2, -0.15) is 0 Å². The highest BCUT2D eigenvalue weighted by Gasteiger charge is 2.47. The summed E-state index contributed by atoms with van der Waals surface area (Å²) in [6.45, 7) is 2.36. The Balaban J connectivity index is 1.49. The Morgan fingerprint density at radius 2 is 1.96 bits per heavy atom. The van der Waals surface area contributed by atoms with Gasteiger partial charge < -0.3 is 14.5 Å². The molecule has 0 radical (unpaired) electrons. The topological polar surface area (TPSA) is 41.0 Å². The van der Waals surface area contributed by atoms with Crippen molar-refractivity contribution in [3.63, 3.8) is 0 Å². The fraction of sp³-hybridized carbons (Fsp3) is 0.435. The first kappa shape index (κ1) is 16.8. The van der Waals surface area contributed by atoms with Crippen LogP contribution in [0.1, 0.15) is 32.1 Å². The van der Waals surface area contributed by atoms with Crippen molar-refractivity contribution in [1.82, 2.24) is 9.55 Å². The molecule has 3 heterocycles. The SMILES string of the molecule is Cn1cc(-c2cc(SC3CC3)ccc2N2CC3(CCC3)C2)c2cc[nH]c2c1=O. The summed E-state index contributed by atoms with van der Waals surface area (Å²) in [4.78, 5) is 19.6. The number of benzene rings is 1. The van der Waals surface area contributed by atoms with E-state index in [4.69, 9.17) is 0 Å². The van der Waals surface area contributed by atoms with Gasteiger partial charge in [-0.3, -0.25) is 4.79 Å². The van der Waals surface area contributed by atoms with Gasteiger partial charge in [0.15, 0.2) is 0 Å². The third-order valence-corrected chi connectivity index (χ3v) is 8.12. The molecule has 0 unspecified atom stereocenters. The van der Waals surface area contributed by atoms with Crippen LogP contribution in [0.4, 0.5) is 5.69 Å². The first-order chi connectivity index (χ1) is 13.6. The molecule has 0 amide bonds. The van der Waals surface area contributed by atoms with E-state index in [-0.39, 0.29) is 5.56 Å². The van der Waals surface area contributed by atoms with Crippen LogP contribution >= 0.6 is 11.8 Å². The van der Waals surface area contributed by atoms with E-state index in [1.165, 1.54) is 61.3 Å². The standard InChI is InChI=1S/C23H25N3OS/c1-25-12-19(17-7-10-24-21(17)22(25)27)18-11-16(28-15-3-4-15)5-6-20(18)26-13-23(14-26)8-2-9-23/h5-7,10-12,15,24H,2-4,8-9,13-14H2,1H3. The van der Waals surface area contributed by atoms with Crippen molar-refractivity contribution >= 4 is 28.4 Å². The zero-order valence-corrected chi connectivity index (χ0v) is 17.0. The second-order valence-corrected chi connectivity index (χ2v) is 10.3. The molecule has 3 fully saturated rings. The molecule has 0 atom stereocenters. The van der Waals surface area contributed by atoms with Crippen molar-refractivity contribution in [2.75, 3.05) is 18.0 Å². The molecule has 5 heteroatoms. The normalized spacial score (nSPS) is 20.4. The molecule has 28 heavy (non-hydrogen) atoms. The lowest BCUT2D eigenvalue weighted by atomic mass is 9.63. The maximum Gasteiger partial charge on any atom is 0.274 e. The van der Waals surface area contributed by atoms with Crippen LogP contribution in [0.2, 0.25) is 0 Å². The quantitative estimate of drug-likeness (QED) is 0.696. The molecule has 2 aliphatic carbocycles. The lowest BCUT2D eigenvalue weighted by Crippen LogP contribution is -2.60. The van der Waals surface area contributed by atoms with E-state index < -0.39 is 0 Å². The van der Waals surface area contributed by atoms with Crippen LogP contribution < -0.4 is 10.5 Å². The van der Waals surface area contributed by atoms with E-state index in [9.17, 15) is 4.79 Å². The summed E-state index contributed by atoms with van der Waals surface area (Å²) in [7, 11) is 1.85. The molecule has 1 aromatic carbocycles. The number of nitrogens with zero attached hydrogens (tertiary/aromatic N) is 2. The maximum absolute atomic E-state index is 12.5. The van der Waals surface area contributed by atoms with E-state index in [1.54, 1.807) is 4.57 Å². The highest BCUT2D eigenvalue weighted by atomic mass is 32.2. The lowest BCUT2D eigenvalue weighted by molar-refractivity contribution is 0.0905. The average molecular weight is 392 g/mol. The third kappa shape index (κ3) is 2.55. The summed E-state index contributed by atoms with van der Waals surface area (Å²) in [6.07, 6.45) is 10.7. The van der Waals surface area contributed by atoms with Crippen LogP contribution in [0.25, 0.3) is 22.0 Å². The first-order valence-corrected chi connectivity index (χ1v) is 11.2. The Bertz CT molecular complexity index is 1130. The van der Waals surface area contributed by atoms with Crippen LogP contribution in [-0.4, -0.2) is 27.9 Å². The minimum Gasteiger partial charge on any atom is -0.370 e. The van der Waals surface area contributed by atoms with Gasteiger partial charge >= 0.3 is 0 Å². The summed E-state index contributed by atoms with van der Waals surface area (Å²) >= 11 is 2.00. The minimum absolute atomic E-state index is 0.0335. The predicted octanol–water partition coefficient (Wildman–Crippen LogP) is 4.78. The highest BCUT2D eigenvalue weighted by Crippen LogP contribution is 2.51. The summed E-state index contributed by atoms with van der Waals surface area (Å²) in [5.74, 6) is 0. The summed E-state index contributed by atoms with van der Waals surface area (Å²) in [6, 6.07) is 9.01. The summed E-state index contributed by atoms with van der Waals surface area (Å²) < 4.78 is 1.71. The smallest absolute Gasteiger partial charge is 0.274 e. The molecule has 3 aliphatic rings. The van der Waals surface area contributed by atoms with Crippen molar-refractivity contribution in [3.05, 3.63) is 47.0 Å². The zero-order valence-electron chi connectivity index (χ0n) is 16.2. The van der Waals surface area contributed by atoms with Gasteiger partial charge in [-0.15, -0.1) is 11.8 Å². The van der Waals surface area contributed by atoms with Crippen LogP contribution in [-0.2, 0) is 7.05 Å². The average Bonchev–Trinajstić information content (AvgIpc) is 3.28. The molecule has 3 aromatic rings. The maximum atomic E-state index is 12.5. The van der Waals surface area contributed by atoms with Gasteiger partial charge in [-0.1, -0.05) is 6.42 Å². The second kappa shape index (κ2) is 5.93. The number of thioether (sulfide) groups is 1. The molecule has 2 aromatic heterocycles. The largest absolute Gasteiger partial charge is 0.370 e. The number of fused-ring (bicyclic) bond motifs is 1. The number of hydrogen-bond donors (Lipinski definition) is 1. The Labute approximate surface area is 168 Å². The van der Waals surface area contributed by atoms with Crippen LogP contribution in [0.3, 0.4) is 0 Å². The van der Waals surface area contributed by atoms with Crippen molar-refractivity contribution in [2.24, 2.45) is 12.5 Å². The Kier molecular flexibility index (Phi) is 3.55. The minimum atomic E-state index is 0.0335. The van der Waals surface area contributed by atoms with Gasteiger partial charge in [-0.05, 0) is 49.9 Å². The predicted molar refractivity (Wildman–Crippen MR) is 116 cm³/mol. The van der Waals surface area contributed by atoms with E-state index >= 15 is 0 Å². The monoisotopic (exact) mass is 391 g/mol. The number of aromatic amines is 1. The van der Waals surface area contributed by atoms with E-state index in [0.717, 1.165) is 16.2 Å². The molecule has 6 rings (SSSR count).